The largest absolute Gasteiger partial charge is 0.478 e. The van der Waals surface area contributed by atoms with Crippen LogP contribution in [0.2, 0.25) is 10.0 Å². The molecule has 92 valence electrons. The van der Waals surface area contributed by atoms with Gasteiger partial charge in [0.15, 0.2) is 0 Å². The van der Waals surface area contributed by atoms with Gasteiger partial charge in [0.2, 0.25) is 0 Å². The van der Waals surface area contributed by atoms with Gasteiger partial charge >= 0.3 is 5.97 Å². The van der Waals surface area contributed by atoms with Crippen molar-refractivity contribution in [1.82, 2.24) is 4.98 Å². The Bertz CT molecular complexity index is 602. The lowest BCUT2D eigenvalue weighted by molar-refractivity contribution is 0.0696. The Hall–Kier alpha value is -1.78. The number of carboxylic acid groups (broad SMARTS) is 1. The summed E-state index contributed by atoms with van der Waals surface area (Å²) >= 11 is 11.8. The molecule has 1 heterocycles. The molecule has 1 N–H and O–H groups in total. The zero-order chi connectivity index (χ0) is 13.1. The number of nitrogens with zero attached hydrogens (tertiary/aromatic N) is 1. The lowest BCUT2D eigenvalue weighted by atomic mass is 10.3. The van der Waals surface area contributed by atoms with Crippen LogP contribution in [0.5, 0.6) is 11.5 Å². The number of hydrogen-bond acceptors (Lipinski definition) is 3. The van der Waals surface area contributed by atoms with Crippen LogP contribution in [0.3, 0.4) is 0 Å². The summed E-state index contributed by atoms with van der Waals surface area (Å²) in [6.45, 7) is 0. The number of hydrogen-bond donors (Lipinski definition) is 1. The van der Waals surface area contributed by atoms with Gasteiger partial charge in [0.05, 0.1) is 16.8 Å². The second-order valence-electron chi connectivity index (χ2n) is 3.37. The van der Waals surface area contributed by atoms with E-state index in [-0.39, 0.29) is 16.3 Å². The first-order valence-corrected chi connectivity index (χ1v) is 5.63. The SMILES string of the molecule is O=C(O)c1cncc(Oc2cccc(Cl)c2Cl)c1. The highest BCUT2D eigenvalue weighted by atomic mass is 35.5. The average Bonchev–Trinajstić information content (AvgIpc) is 2.35. The summed E-state index contributed by atoms with van der Waals surface area (Å²) < 4.78 is 5.44. The predicted octanol–water partition coefficient (Wildman–Crippen LogP) is 3.88. The van der Waals surface area contributed by atoms with Gasteiger partial charge in [-0.25, -0.2) is 4.79 Å². The van der Waals surface area contributed by atoms with E-state index >= 15 is 0 Å². The maximum Gasteiger partial charge on any atom is 0.337 e. The Morgan fingerprint density at radius 2 is 2.06 bits per heavy atom. The smallest absolute Gasteiger partial charge is 0.337 e. The van der Waals surface area contributed by atoms with Crippen molar-refractivity contribution in [1.29, 1.82) is 0 Å². The molecule has 0 aliphatic heterocycles. The van der Waals surface area contributed by atoms with Crippen molar-refractivity contribution in [3.63, 3.8) is 0 Å². The van der Waals surface area contributed by atoms with Gasteiger partial charge in [-0.15, -0.1) is 0 Å². The van der Waals surface area contributed by atoms with E-state index in [1.807, 2.05) is 0 Å². The van der Waals surface area contributed by atoms with Crippen LogP contribution in [-0.2, 0) is 0 Å². The molecule has 0 bridgehead atoms. The summed E-state index contributed by atoms with van der Waals surface area (Å²) in [7, 11) is 0. The Morgan fingerprint density at radius 3 is 2.78 bits per heavy atom. The quantitative estimate of drug-likeness (QED) is 0.929. The molecule has 0 fully saturated rings. The number of carbonyl (C=O) groups is 1. The van der Waals surface area contributed by atoms with E-state index in [0.717, 1.165) is 0 Å². The van der Waals surface area contributed by atoms with Gasteiger partial charge in [-0.2, -0.15) is 0 Å². The predicted molar refractivity (Wildman–Crippen MR) is 67.7 cm³/mol. The van der Waals surface area contributed by atoms with Crippen molar-refractivity contribution in [3.8, 4) is 11.5 Å². The van der Waals surface area contributed by atoms with Crippen molar-refractivity contribution in [2.24, 2.45) is 0 Å². The van der Waals surface area contributed by atoms with Crippen LogP contribution < -0.4 is 4.74 Å². The third kappa shape index (κ3) is 2.72. The molecule has 0 amide bonds. The highest BCUT2D eigenvalue weighted by Gasteiger charge is 2.09. The Balaban J connectivity index is 2.31. The zero-order valence-electron chi connectivity index (χ0n) is 8.93. The summed E-state index contributed by atoms with van der Waals surface area (Å²) in [5.41, 5.74) is 0.0330. The van der Waals surface area contributed by atoms with Crippen molar-refractivity contribution >= 4 is 29.2 Å². The lowest BCUT2D eigenvalue weighted by Crippen LogP contribution is -1.97. The third-order valence-electron chi connectivity index (χ3n) is 2.10. The average molecular weight is 284 g/mol. The molecular formula is C12H7Cl2NO3. The van der Waals surface area contributed by atoms with Crippen LogP contribution in [0, 0.1) is 0 Å². The standard InChI is InChI=1S/C12H7Cl2NO3/c13-9-2-1-3-10(11(9)14)18-8-4-7(12(16)17)5-15-6-8/h1-6H,(H,16,17). The third-order valence-corrected chi connectivity index (χ3v) is 2.91. The van der Waals surface area contributed by atoms with Gasteiger partial charge in [0, 0.05) is 6.20 Å². The minimum Gasteiger partial charge on any atom is -0.478 e. The van der Waals surface area contributed by atoms with Gasteiger partial charge in [-0.1, -0.05) is 29.3 Å². The molecule has 0 unspecified atom stereocenters. The molecule has 1 aromatic carbocycles. The van der Waals surface area contributed by atoms with Crippen molar-refractivity contribution in [3.05, 3.63) is 52.3 Å². The summed E-state index contributed by atoms with van der Waals surface area (Å²) in [5, 5.41) is 9.45. The van der Waals surface area contributed by atoms with Gasteiger partial charge in [0.25, 0.3) is 0 Å². The molecule has 0 saturated heterocycles. The van der Waals surface area contributed by atoms with Gasteiger partial charge in [-0.05, 0) is 18.2 Å². The van der Waals surface area contributed by atoms with Crippen molar-refractivity contribution < 1.29 is 14.6 Å². The Kier molecular flexibility index (Phi) is 3.69. The fraction of sp³-hybridized carbons (Fsp3) is 0. The zero-order valence-corrected chi connectivity index (χ0v) is 10.4. The molecule has 18 heavy (non-hydrogen) atoms. The minimum atomic E-state index is -1.08. The highest BCUT2D eigenvalue weighted by Crippen LogP contribution is 2.34. The van der Waals surface area contributed by atoms with Gasteiger partial charge in [-0.3, -0.25) is 4.98 Å². The van der Waals surface area contributed by atoms with E-state index in [2.05, 4.69) is 4.98 Å². The molecule has 2 rings (SSSR count). The summed E-state index contributed by atoms with van der Waals surface area (Å²) in [4.78, 5) is 14.6. The summed E-state index contributed by atoms with van der Waals surface area (Å²) in [6, 6.07) is 6.29. The van der Waals surface area contributed by atoms with E-state index < -0.39 is 5.97 Å². The normalized spacial score (nSPS) is 10.1. The number of carboxylic acids is 1. The second kappa shape index (κ2) is 5.25. The van der Waals surface area contributed by atoms with Crippen LogP contribution in [0.15, 0.2) is 36.7 Å². The maximum absolute atomic E-state index is 10.8. The summed E-state index contributed by atoms with van der Waals surface area (Å²) in [5.74, 6) is -0.460. The van der Waals surface area contributed by atoms with Crippen LogP contribution in [0.25, 0.3) is 0 Å². The fourth-order valence-electron chi connectivity index (χ4n) is 1.28. The van der Waals surface area contributed by atoms with Crippen LogP contribution >= 0.6 is 23.2 Å². The number of halogens is 2. The van der Waals surface area contributed by atoms with Gasteiger partial charge in [0.1, 0.15) is 16.5 Å². The molecular weight excluding hydrogens is 277 g/mol. The molecule has 0 aliphatic carbocycles. The fourth-order valence-corrected chi connectivity index (χ4v) is 1.61. The van der Waals surface area contributed by atoms with Crippen molar-refractivity contribution in [2.75, 3.05) is 0 Å². The first-order chi connectivity index (χ1) is 8.58. The second-order valence-corrected chi connectivity index (χ2v) is 4.15. The Morgan fingerprint density at radius 1 is 1.28 bits per heavy atom. The molecule has 0 aliphatic rings. The molecule has 4 nitrogen and oxygen atoms in total. The molecule has 0 saturated carbocycles. The number of benzene rings is 1. The molecule has 6 heteroatoms. The van der Waals surface area contributed by atoms with E-state index in [4.69, 9.17) is 33.0 Å². The monoisotopic (exact) mass is 283 g/mol. The van der Waals surface area contributed by atoms with E-state index in [1.165, 1.54) is 18.5 Å². The molecule has 0 atom stereocenters. The first-order valence-electron chi connectivity index (χ1n) is 4.88. The van der Waals surface area contributed by atoms with Crippen LogP contribution in [-0.4, -0.2) is 16.1 Å². The van der Waals surface area contributed by atoms with Crippen molar-refractivity contribution in [2.45, 2.75) is 0 Å². The van der Waals surface area contributed by atoms with Crippen LogP contribution in [0.1, 0.15) is 10.4 Å². The highest BCUT2D eigenvalue weighted by molar-refractivity contribution is 6.42. The number of rotatable bonds is 3. The number of aromatic carboxylic acids is 1. The Labute approximate surface area is 113 Å². The maximum atomic E-state index is 10.8. The van der Waals surface area contributed by atoms with E-state index in [0.29, 0.717) is 10.8 Å². The first kappa shape index (κ1) is 12.7. The van der Waals surface area contributed by atoms with E-state index in [1.54, 1.807) is 18.2 Å². The lowest BCUT2D eigenvalue weighted by Gasteiger charge is -2.08. The minimum absolute atomic E-state index is 0.0330. The number of pyridine rings is 1. The topological polar surface area (TPSA) is 59.4 Å². The van der Waals surface area contributed by atoms with E-state index in [9.17, 15) is 4.79 Å². The number of aromatic nitrogens is 1. The molecule has 2 aromatic rings. The molecule has 1 aromatic heterocycles. The molecule has 0 spiro atoms. The summed E-state index contributed by atoms with van der Waals surface area (Å²) in [6.07, 6.45) is 2.62. The number of ether oxygens (including phenoxy) is 1. The van der Waals surface area contributed by atoms with Crippen LogP contribution in [0.4, 0.5) is 0 Å². The molecule has 0 radical (unpaired) electrons. The van der Waals surface area contributed by atoms with Gasteiger partial charge < -0.3 is 9.84 Å².